The fraction of sp³-hybridized carbons (Fsp3) is 1.00. The minimum Gasteiger partial charge on any atom is -0.395 e. The number of nitrogens with one attached hydrogen (secondary N) is 1. The Morgan fingerprint density at radius 1 is 1.64 bits per heavy atom. The standard InChI is InChI=1S/C8H17NO4S/c1-7(8-2-4-13-6-8)9-14(11,12)5-3-10/h7-10H,2-6H2,1H3. The van der Waals surface area contributed by atoms with Crippen LogP contribution in [-0.4, -0.2) is 45.1 Å². The van der Waals surface area contributed by atoms with Gasteiger partial charge in [0.2, 0.25) is 10.0 Å². The molecule has 6 heteroatoms. The van der Waals surface area contributed by atoms with Crippen molar-refractivity contribution in [3.05, 3.63) is 0 Å². The lowest BCUT2D eigenvalue weighted by molar-refractivity contribution is 0.180. The van der Waals surface area contributed by atoms with Crippen molar-refractivity contribution in [2.45, 2.75) is 19.4 Å². The van der Waals surface area contributed by atoms with Gasteiger partial charge in [-0.3, -0.25) is 0 Å². The van der Waals surface area contributed by atoms with Crippen LogP contribution in [0.2, 0.25) is 0 Å². The maximum atomic E-state index is 11.3. The Morgan fingerprint density at radius 3 is 2.86 bits per heavy atom. The highest BCUT2D eigenvalue weighted by Crippen LogP contribution is 2.16. The van der Waals surface area contributed by atoms with E-state index in [1.54, 1.807) is 0 Å². The van der Waals surface area contributed by atoms with E-state index in [-0.39, 0.29) is 24.3 Å². The molecule has 0 aromatic carbocycles. The highest BCUT2D eigenvalue weighted by Gasteiger charge is 2.25. The molecule has 1 aliphatic heterocycles. The van der Waals surface area contributed by atoms with E-state index in [4.69, 9.17) is 9.84 Å². The van der Waals surface area contributed by atoms with Gasteiger partial charge in [-0.25, -0.2) is 13.1 Å². The van der Waals surface area contributed by atoms with Crippen LogP contribution >= 0.6 is 0 Å². The number of hydrogen-bond acceptors (Lipinski definition) is 4. The smallest absolute Gasteiger partial charge is 0.214 e. The Morgan fingerprint density at radius 2 is 2.36 bits per heavy atom. The van der Waals surface area contributed by atoms with Crippen molar-refractivity contribution in [3.8, 4) is 0 Å². The lowest BCUT2D eigenvalue weighted by Crippen LogP contribution is -2.40. The molecule has 14 heavy (non-hydrogen) atoms. The van der Waals surface area contributed by atoms with Crippen LogP contribution in [0.3, 0.4) is 0 Å². The second kappa shape index (κ2) is 5.06. The highest BCUT2D eigenvalue weighted by atomic mass is 32.2. The van der Waals surface area contributed by atoms with Gasteiger partial charge < -0.3 is 9.84 Å². The van der Waals surface area contributed by atoms with E-state index in [9.17, 15) is 8.42 Å². The molecule has 0 spiro atoms. The predicted molar refractivity (Wildman–Crippen MR) is 52.4 cm³/mol. The summed E-state index contributed by atoms with van der Waals surface area (Å²) >= 11 is 0. The third kappa shape index (κ3) is 3.53. The summed E-state index contributed by atoms with van der Waals surface area (Å²) in [6.45, 7) is 2.80. The van der Waals surface area contributed by atoms with Gasteiger partial charge >= 0.3 is 0 Å². The van der Waals surface area contributed by atoms with Gasteiger partial charge in [0.05, 0.1) is 19.0 Å². The molecule has 84 valence electrons. The Hall–Kier alpha value is -0.170. The number of sulfonamides is 1. The molecule has 1 fully saturated rings. The number of aliphatic hydroxyl groups is 1. The van der Waals surface area contributed by atoms with Gasteiger partial charge in [0.25, 0.3) is 0 Å². The second-order valence-electron chi connectivity index (χ2n) is 3.57. The normalized spacial score (nSPS) is 25.1. The lowest BCUT2D eigenvalue weighted by Gasteiger charge is -2.18. The van der Waals surface area contributed by atoms with Crippen molar-refractivity contribution in [2.24, 2.45) is 5.92 Å². The van der Waals surface area contributed by atoms with E-state index in [1.165, 1.54) is 0 Å². The first-order valence-electron chi connectivity index (χ1n) is 4.74. The minimum atomic E-state index is -3.32. The van der Waals surface area contributed by atoms with Crippen LogP contribution < -0.4 is 4.72 Å². The molecule has 1 saturated heterocycles. The van der Waals surface area contributed by atoms with E-state index in [0.29, 0.717) is 13.2 Å². The van der Waals surface area contributed by atoms with E-state index >= 15 is 0 Å². The SMILES string of the molecule is CC(NS(=O)(=O)CCO)C1CCOC1. The molecule has 0 amide bonds. The first-order valence-corrected chi connectivity index (χ1v) is 6.39. The molecule has 0 aromatic heterocycles. The van der Waals surface area contributed by atoms with Gasteiger partial charge in [-0.2, -0.15) is 0 Å². The summed E-state index contributed by atoms with van der Waals surface area (Å²) < 4.78 is 30.3. The molecule has 1 rings (SSSR count). The van der Waals surface area contributed by atoms with Crippen LogP contribution in [0.1, 0.15) is 13.3 Å². The molecule has 0 aromatic rings. The first-order chi connectivity index (χ1) is 6.55. The lowest BCUT2D eigenvalue weighted by atomic mass is 10.0. The minimum absolute atomic E-state index is 0.117. The largest absolute Gasteiger partial charge is 0.395 e. The molecule has 2 unspecified atom stereocenters. The average Bonchev–Trinajstić information content (AvgIpc) is 2.53. The summed E-state index contributed by atoms with van der Waals surface area (Å²) in [4.78, 5) is 0. The molecule has 2 atom stereocenters. The van der Waals surface area contributed by atoms with Gasteiger partial charge in [-0.1, -0.05) is 0 Å². The molecule has 0 bridgehead atoms. The number of rotatable bonds is 5. The van der Waals surface area contributed by atoms with Gasteiger partial charge in [-0.05, 0) is 13.3 Å². The maximum Gasteiger partial charge on any atom is 0.214 e. The summed E-state index contributed by atoms with van der Waals surface area (Å²) in [6.07, 6.45) is 0.892. The summed E-state index contributed by atoms with van der Waals surface area (Å²) in [5.41, 5.74) is 0. The van der Waals surface area contributed by atoms with Crippen molar-refractivity contribution in [2.75, 3.05) is 25.6 Å². The molecule has 0 saturated carbocycles. The van der Waals surface area contributed by atoms with Crippen molar-refractivity contribution in [1.82, 2.24) is 4.72 Å². The third-order valence-electron chi connectivity index (χ3n) is 2.40. The van der Waals surface area contributed by atoms with E-state index < -0.39 is 10.0 Å². The number of ether oxygens (including phenoxy) is 1. The van der Waals surface area contributed by atoms with Crippen molar-refractivity contribution < 1.29 is 18.3 Å². The van der Waals surface area contributed by atoms with Gasteiger partial charge in [0.1, 0.15) is 0 Å². The Balaban J connectivity index is 2.42. The third-order valence-corrected chi connectivity index (χ3v) is 3.85. The number of hydrogen-bond donors (Lipinski definition) is 2. The van der Waals surface area contributed by atoms with Crippen molar-refractivity contribution in [1.29, 1.82) is 0 Å². The summed E-state index contributed by atoms with van der Waals surface area (Å²) in [5, 5.41) is 8.54. The summed E-state index contributed by atoms with van der Waals surface area (Å²) in [5.74, 6) is 0.0220. The fourth-order valence-electron chi connectivity index (χ4n) is 1.51. The molecule has 0 radical (unpaired) electrons. The predicted octanol–water partition coefficient (Wildman–Crippen LogP) is -0.677. The zero-order valence-electron chi connectivity index (χ0n) is 8.27. The maximum absolute atomic E-state index is 11.3. The van der Waals surface area contributed by atoms with Gasteiger partial charge in [-0.15, -0.1) is 0 Å². The summed E-state index contributed by atoms with van der Waals surface area (Å²) in [7, 11) is -3.32. The zero-order chi connectivity index (χ0) is 10.6. The molecule has 5 nitrogen and oxygen atoms in total. The van der Waals surface area contributed by atoms with Crippen LogP contribution in [0.5, 0.6) is 0 Å². The molecular weight excluding hydrogens is 206 g/mol. The fourth-order valence-corrected chi connectivity index (χ4v) is 2.62. The highest BCUT2D eigenvalue weighted by molar-refractivity contribution is 7.89. The van der Waals surface area contributed by atoms with Crippen molar-refractivity contribution >= 4 is 10.0 Å². The van der Waals surface area contributed by atoms with Crippen LogP contribution in [0.15, 0.2) is 0 Å². The van der Waals surface area contributed by atoms with E-state index in [0.717, 1.165) is 6.42 Å². The summed E-state index contributed by atoms with van der Waals surface area (Å²) in [6, 6.07) is -0.117. The quantitative estimate of drug-likeness (QED) is 0.647. The van der Waals surface area contributed by atoms with Crippen LogP contribution in [0.25, 0.3) is 0 Å². The van der Waals surface area contributed by atoms with Gasteiger partial charge in [0.15, 0.2) is 0 Å². The van der Waals surface area contributed by atoms with Crippen LogP contribution in [0.4, 0.5) is 0 Å². The molecule has 2 N–H and O–H groups in total. The Labute approximate surface area is 84.5 Å². The average molecular weight is 223 g/mol. The van der Waals surface area contributed by atoms with Gasteiger partial charge in [0, 0.05) is 18.6 Å². The van der Waals surface area contributed by atoms with Crippen LogP contribution in [-0.2, 0) is 14.8 Å². The molecular formula is C8H17NO4S. The molecule has 1 heterocycles. The first kappa shape index (κ1) is 11.9. The second-order valence-corrected chi connectivity index (χ2v) is 5.45. The van der Waals surface area contributed by atoms with Crippen molar-refractivity contribution in [3.63, 3.8) is 0 Å². The Kier molecular flexibility index (Phi) is 4.31. The Bertz CT molecular complexity index is 259. The van der Waals surface area contributed by atoms with E-state index in [2.05, 4.69) is 4.72 Å². The van der Waals surface area contributed by atoms with Crippen LogP contribution in [0, 0.1) is 5.92 Å². The topological polar surface area (TPSA) is 75.6 Å². The number of aliphatic hydroxyl groups excluding tert-OH is 1. The monoisotopic (exact) mass is 223 g/mol. The molecule has 0 aliphatic carbocycles. The van der Waals surface area contributed by atoms with E-state index in [1.807, 2.05) is 6.92 Å². The molecule has 1 aliphatic rings. The zero-order valence-corrected chi connectivity index (χ0v) is 9.09.